The Morgan fingerprint density at radius 2 is 1.81 bits per heavy atom. The highest BCUT2D eigenvalue weighted by atomic mass is 16.7. The number of hydrogen-bond acceptors (Lipinski definition) is 5. The van der Waals surface area contributed by atoms with Crippen LogP contribution >= 0.6 is 0 Å². The summed E-state index contributed by atoms with van der Waals surface area (Å²) in [6, 6.07) is 9.38. The third kappa shape index (κ3) is 3.99. The van der Waals surface area contributed by atoms with Gasteiger partial charge >= 0.3 is 6.03 Å². The number of ether oxygens (including phenoxy) is 2. The van der Waals surface area contributed by atoms with Crippen LogP contribution < -0.4 is 25.4 Å². The summed E-state index contributed by atoms with van der Waals surface area (Å²) in [5, 5.41) is 9.07. The second kappa shape index (κ2) is 7.51. The van der Waals surface area contributed by atoms with Crippen molar-refractivity contribution in [2.24, 2.45) is 0 Å². The van der Waals surface area contributed by atoms with Gasteiger partial charge in [-0.25, -0.2) is 9.78 Å². The van der Waals surface area contributed by atoms with Crippen LogP contribution in [0.25, 0.3) is 0 Å². The molecule has 136 valence electrons. The number of urea groups is 1. The highest BCUT2D eigenvalue weighted by molar-refractivity contribution is 5.89. The van der Waals surface area contributed by atoms with Crippen LogP contribution in [-0.4, -0.2) is 23.8 Å². The minimum Gasteiger partial charge on any atom is -0.454 e. The van der Waals surface area contributed by atoms with Crippen molar-refractivity contribution in [3.8, 4) is 11.5 Å². The smallest absolute Gasteiger partial charge is 0.319 e. The number of hydrogen-bond donors (Lipinski definition) is 3. The lowest BCUT2D eigenvalue weighted by atomic mass is 9.96. The highest BCUT2D eigenvalue weighted by Gasteiger charge is 2.16. The zero-order valence-corrected chi connectivity index (χ0v) is 14.5. The van der Waals surface area contributed by atoms with E-state index in [9.17, 15) is 4.79 Å². The fraction of sp³-hybridized carbons (Fsp3) is 0.368. The lowest BCUT2D eigenvalue weighted by molar-refractivity contribution is 0.174. The van der Waals surface area contributed by atoms with Gasteiger partial charge < -0.3 is 25.4 Å². The van der Waals surface area contributed by atoms with E-state index in [1.54, 1.807) is 6.20 Å². The van der Waals surface area contributed by atoms with Crippen LogP contribution in [0.15, 0.2) is 36.5 Å². The fourth-order valence-corrected chi connectivity index (χ4v) is 3.26. The van der Waals surface area contributed by atoms with Crippen molar-refractivity contribution in [2.75, 3.05) is 17.4 Å². The third-order valence-electron chi connectivity index (χ3n) is 4.61. The zero-order valence-electron chi connectivity index (χ0n) is 14.5. The van der Waals surface area contributed by atoms with Gasteiger partial charge in [0.2, 0.25) is 6.79 Å². The van der Waals surface area contributed by atoms with Crippen molar-refractivity contribution in [3.05, 3.63) is 36.5 Å². The first-order valence-corrected chi connectivity index (χ1v) is 8.96. The predicted octanol–water partition coefficient (Wildman–Crippen LogP) is 4.01. The van der Waals surface area contributed by atoms with Crippen molar-refractivity contribution < 1.29 is 14.3 Å². The van der Waals surface area contributed by atoms with Crippen molar-refractivity contribution in [1.82, 2.24) is 10.3 Å². The van der Waals surface area contributed by atoms with E-state index in [0.717, 1.165) is 24.3 Å². The molecule has 1 saturated carbocycles. The molecule has 26 heavy (non-hydrogen) atoms. The number of carbonyl (C=O) groups is 1. The van der Waals surface area contributed by atoms with Gasteiger partial charge in [-0.1, -0.05) is 19.3 Å². The molecule has 4 rings (SSSR count). The summed E-state index contributed by atoms with van der Waals surface area (Å²) < 4.78 is 10.7. The molecule has 3 N–H and O–H groups in total. The van der Waals surface area contributed by atoms with Crippen LogP contribution in [0.5, 0.6) is 11.5 Å². The Kier molecular flexibility index (Phi) is 4.77. The maximum absolute atomic E-state index is 12.1. The van der Waals surface area contributed by atoms with Crippen LogP contribution in [0, 0.1) is 0 Å². The van der Waals surface area contributed by atoms with Gasteiger partial charge in [-0.3, -0.25) is 0 Å². The summed E-state index contributed by atoms with van der Waals surface area (Å²) in [6.45, 7) is 0.250. The SMILES string of the molecule is O=C(Nc1ccc(Nc2ccc3c(c2)OCO3)nc1)NC1CCCCC1. The molecule has 1 aromatic carbocycles. The molecule has 0 atom stereocenters. The van der Waals surface area contributed by atoms with Gasteiger partial charge in [-0.15, -0.1) is 0 Å². The quantitative estimate of drug-likeness (QED) is 0.772. The molecule has 2 aliphatic rings. The largest absolute Gasteiger partial charge is 0.454 e. The molecule has 1 fully saturated rings. The molecule has 0 radical (unpaired) electrons. The summed E-state index contributed by atoms with van der Waals surface area (Å²) in [5.74, 6) is 2.14. The van der Waals surface area contributed by atoms with Gasteiger partial charge in [0.05, 0.1) is 11.9 Å². The van der Waals surface area contributed by atoms with Crippen molar-refractivity contribution in [3.63, 3.8) is 0 Å². The Hall–Kier alpha value is -2.96. The Labute approximate surface area is 152 Å². The standard InChI is InChI=1S/C19H22N4O3/c24-19(22-13-4-2-1-3-5-13)23-15-7-9-18(20-11-15)21-14-6-8-16-17(10-14)26-12-25-16/h6-11,13H,1-5,12H2,(H,20,21)(H2,22,23,24). The molecule has 2 heterocycles. The highest BCUT2D eigenvalue weighted by Crippen LogP contribution is 2.34. The van der Waals surface area contributed by atoms with E-state index >= 15 is 0 Å². The van der Waals surface area contributed by atoms with Crippen molar-refractivity contribution >= 4 is 23.2 Å². The molecule has 1 aromatic heterocycles. The Morgan fingerprint density at radius 3 is 2.62 bits per heavy atom. The molecule has 0 saturated heterocycles. The van der Waals surface area contributed by atoms with E-state index in [1.165, 1.54) is 19.3 Å². The third-order valence-corrected chi connectivity index (χ3v) is 4.61. The Morgan fingerprint density at radius 1 is 1.00 bits per heavy atom. The molecule has 0 spiro atoms. The van der Waals surface area contributed by atoms with E-state index in [1.807, 2.05) is 30.3 Å². The first-order chi connectivity index (χ1) is 12.8. The number of fused-ring (bicyclic) bond motifs is 1. The second-order valence-electron chi connectivity index (χ2n) is 6.56. The lowest BCUT2D eigenvalue weighted by Gasteiger charge is -2.22. The van der Waals surface area contributed by atoms with Crippen LogP contribution in [0.4, 0.5) is 22.0 Å². The fourth-order valence-electron chi connectivity index (χ4n) is 3.26. The normalized spacial score (nSPS) is 16.2. The lowest BCUT2D eigenvalue weighted by Crippen LogP contribution is -2.39. The number of pyridine rings is 1. The van der Waals surface area contributed by atoms with Crippen molar-refractivity contribution in [2.45, 2.75) is 38.1 Å². The molecular formula is C19H22N4O3. The Bertz CT molecular complexity index is 773. The number of aromatic nitrogens is 1. The van der Waals surface area contributed by atoms with Crippen LogP contribution in [0.3, 0.4) is 0 Å². The molecule has 2 aromatic rings. The van der Waals surface area contributed by atoms with Gasteiger partial charge in [0.1, 0.15) is 5.82 Å². The number of nitrogens with zero attached hydrogens (tertiary/aromatic N) is 1. The van der Waals surface area contributed by atoms with Gasteiger partial charge in [0.25, 0.3) is 0 Å². The molecule has 1 aliphatic heterocycles. The summed E-state index contributed by atoms with van der Waals surface area (Å²) in [7, 11) is 0. The van der Waals surface area contributed by atoms with Gasteiger partial charge in [0.15, 0.2) is 11.5 Å². The van der Waals surface area contributed by atoms with E-state index in [4.69, 9.17) is 9.47 Å². The first-order valence-electron chi connectivity index (χ1n) is 8.96. The zero-order chi connectivity index (χ0) is 17.8. The molecule has 0 unspecified atom stereocenters. The van der Waals surface area contributed by atoms with Crippen molar-refractivity contribution in [1.29, 1.82) is 0 Å². The molecule has 7 nitrogen and oxygen atoms in total. The van der Waals surface area contributed by atoms with E-state index < -0.39 is 0 Å². The van der Waals surface area contributed by atoms with Crippen LogP contribution in [-0.2, 0) is 0 Å². The number of carbonyl (C=O) groups excluding carboxylic acids is 1. The second-order valence-corrected chi connectivity index (χ2v) is 6.56. The van der Waals surface area contributed by atoms with Crippen LogP contribution in [0.1, 0.15) is 32.1 Å². The topological polar surface area (TPSA) is 84.5 Å². The monoisotopic (exact) mass is 354 g/mol. The van der Waals surface area contributed by atoms with E-state index in [0.29, 0.717) is 17.3 Å². The molecule has 7 heteroatoms. The maximum atomic E-state index is 12.1. The molecule has 1 aliphatic carbocycles. The average molecular weight is 354 g/mol. The van der Waals surface area contributed by atoms with Gasteiger partial charge in [0, 0.05) is 17.8 Å². The minimum absolute atomic E-state index is 0.171. The summed E-state index contributed by atoms with van der Waals surface area (Å²) in [5.41, 5.74) is 1.52. The average Bonchev–Trinajstić information content (AvgIpc) is 3.12. The summed E-state index contributed by atoms with van der Waals surface area (Å²) >= 11 is 0. The molecular weight excluding hydrogens is 332 g/mol. The first kappa shape index (κ1) is 16.5. The maximum Gasteiger partial charge on any atom is 0.319 e. The summed E-state index contributed by atoms with van der Waals surface area (Å²) in [6.07, 6.45) is 7.39. The number of amides is 2. The van der Waals surface area contributed by atoms with E-state index in [2.05, 4.69) is 20.9 Å². The van der Waals surface area contributed by atoms with E-state index in [-0.39, 0.29) is 18.9 Å². The number of rotatable bonds is 4. The Balaban J connectivity index is 1.32. The number of benzene rings is 1. The van der Waals surface area contributed by atoms with Gasteiger partial charge in [-0.2, -0.15) is 0 Å². The predicted molar refractivity (Wildman–Crippen MR) is 99.1 cm³/mol. The molecule has 0 bridgehead atoms. The number of nitrogens with one attached hydrogen (secondary N) is 3. The summed E-state index contributed by atoms with van der Waals surface area (Å²) in [4.78, 5) is 16.4. The minimum atomic E-state index is -0.171. The van der Waals surface area contributed by atoms with Crippen LogP contribution in [0.2, 0.25) is 0 Å². The number of anilines is 3. The molecule has 2 amide bonds. The van der Waals surface area contributed by atoms with Gasteiger partial charge in [-0.05, 0) is 37.1 Å².